The van der Waals surface area contributed by atoms with Crippen LogP contribution in [0, 0.1) is 19.8 Å². The van der Waals surface area contributed by atoms with E-state index < -0.39 is 12.0 Å². The number of benzene rings is 2. The van der Waals surface area contributed by atoms with Crippen molar-refractivity contribution in [3.05, 3.63) is 58.9 Å². The van der Waals surface area contributed by atoms with Gasteiger partial charge in [-0.1, -0.05) is 19.9 Å². The predicted octanol–water partition coefficient (Wildman–Crippen LogP) is 4.74. The smallest absolute Gasteiger partial charge is 0.328 e. The highest BCUT2D eigenvalue weighted by Crippen LogP contribution is 2.27. The van der Waals surface area contributed by atoms with Gasteiger partial charge < -0.3 is 14.3 Å². The van der Waals surface area contributed by atoms with Crippen LogP contribution in [0.5, 0.6) is 5.75 Å². The Labute approximate surface area is 164 Å². The molecule has 1 aromatic heterocycles. The minimum atomic E-state index is -0.931. The van der Waals surface area contributed by atoms with Crippen molar-refractivity contribution in [1.29, 1.82) is 0 Å². The number of rotatable bonds is 5. The van der Waals surface area contributed by atoms with Gasteiger partial charge in [-0.25, -0.2) is 4.79 Å². The van der Waals surface area contributed by atoms with Gasteiger partial charge in [0, 0.05) is 17.0 Å². The second-order valence-corrected chi connectivity index (χ2v) is 7.34. The van der Waals surface area contributed by atoms with Crippen LogP contribution >= 0.6 is 0 Å². The van der Waals surface area contributed by atoms with E-state index in [0.717, 1.165) is 27.8 Å². The lowest BCUT2D eigenvalue weighted by atomic mass is 10.0. The molecule has 0 aliphatic carbocycles. The van der Waals surface area contributed by atoms with Crippen molar-refractivity contribution in [2.75, 3.05) is 7.11 Å². The molecule has 0 saturated carbocycles. The molecule has 0 aliphatic rings. The Morgan fingerprint density at radius 1 is 1.11 bits per heavy atom. The van der Waals surface area contributed by atoms with Gasteiger partial charge in [-0.15, -0.1) is 0 Å². The molecule has 0 fully saturated rings. The van der Waals surface area contributed by atoms with Gasteiger partial charge in [0.05, 0.1) is 12.5 Å². The molecular weight excluding hydrogens is 354 g/mol. The number of carboxylic acid groups (broad SMARTS) is 1. The summed E-state index contributed by atoms with van der Waals surface area (Å²) in [6.07, 6.45) is 0. The van der Waals surface area contributed by atoms with Crippen molar-refractivity contribution < 1.29 is 19.1 Å². The Kier molecular flexibility index (Phi) is 5.54. The molecule has 0 saturated heterocycles. The van der Waals surface area contributed by atoms with Crippen molar-refractivity contribution in [2.24, 2.45) is 10.9 Å². The highest BCUT2D eigenvalue weighted by atomic mass is 16.5. The van der Waals surface area contributed by atoms with Crippen LogP contribution in [0.25, 0.3) is 22.3 Å². The average Bonchev–Trinajstić information content (AvgIpc) is 2.65. The first kappa shape index (κ1) is 19.7. The normalized spacial score (nSPS) is 13.1. The Morgan fingerprint density at radius 3 is 2.36 bits per heavy atom. The summed E-state index contributed by atoms with van der Waals surface area (Å²) in [5, 5.41) is 11.0. The van der Waals surface area contributed by atoms with E-state index in [2.05, 4.69) is 4.99 Å². The maximum Gasteiger partial charge on any atom is 0.328 e. The van der Waals surface area contributed by atoms with Crippen LogP contribution in [0.4, 0.5) is 0 Å². The van der Waals surface area contributed by atoms with Crippen LogP contribution in [0.3, 0.4) is 0 Å². The van der Waals surface area contributed by atoms with E-state index in [1.54, 1.807) is 7.11 Å². The average molecular weight is 379 g/mol. The van der Waals surface area contributed by atoms with Crippen LogP contribution in [0.1, 0.15) is 25.0 Å². The molecule has 2 aromatic carbocycles. The second-order valence-electron chi connectivity index (χ2n) is 7.34. The molecule has 0 spiro atoms. The lowest BCUT2D eigenvalue weighted by molar-refractivity contribution is -0.139. The number of carboxylic acids is 1. The van der Waals surface area contributed by atoms with Crippen LogP contribution in [0.15, 0.2) is 51.9 Å². The van der Waals surface area contributed by atoms with E-state index in [0.29, 0.717) is 16.7 Å². The van der Waals surface area contributed by atoms with Crippen LogP contribution in [-0.4, -0.2) is 24.2 Å². The summed E-state index contributed by atoms with van der Waals surface area (Å²) in [4.78, 5) is 16.3. The van der Waals surface area contributed by atoms with Gasteiger partial charge in [0.2, 0.25) is 0 Å². The predicted molar refractivity (Wildman–Crippen MR) is 110 cm³/mol. The Bertz CT molecular complexity index is 1080. The highest BCUT2D eigenvalue weighted by molar-refractivity contribution is 5.82. The number of hydrogen-bond acceptors (Lipinski definition) is 4. The standard InChI is InChI=1S/C23H25NO4/c1-13(2)21(23(25)26)24-19-12-20(16-6-8-17(27-5)9-7-16)28-22-15(4)10-14(3)11-18(19)22/h6-13,21H,1-5H3,(H,25,26)/t21-/m0/s1. The maximum absolute atomic E-state index is 11.7. The van der Waals surface area contributed by atoms with Gasteiger partial charge in [0.1, 0.15) is 23.1 Å². The third kappa shape index (κ3) is 3.93. The molecule has 1 N–H and O–H groups in total. The maximum atomic E-state index is 11.7. The number of fused-ring (bicyclic) bond motifs is 1. The first-order chi connectivity index (χ1) is 13.3. The minimum absolute atomic E-state index is 0.125. The lowest BCUT2D eigenvalue weighted by Crippen LogP contribution is -2.27. The fraction of sp³-hybridized carbons (Fsp3) is 0.304. The molecule has 3 rings (SSSR count). The largest absolute Gasteiger partial charge is 0.497 e. The lowest BCUT2D eigenvalue weighted by Gasteiger charge is -2.13. The highest BCUT2D eigenvalue weighted by Gasteiger charge is 2.20. The molecule has 0 aliphatic heterocycles. The summed E-state index contributed by atoms with van der Waals surface area (Å²) in [5.41, 5.74) is 3.64. The Balaban J connectivity index is 2.32. The van der Waals surface area contributed by atoms with E-state index in [1.165, 1.54) is 0 Å². The van der Waals surface area contributed by atoms with E-state index in [1.807, 2.05) is 70.2 Å². The zero-order valence-corrected chi connectivity index (χ0v) is 16.8. The van der Waals surface area contributed by atoms with Gasteiger partial charge in [0.15, 0.2) is 0 Å². The van der Waals surface area contributed by atoms with E-state index in [-0.39, 0.29) is 5.92 Å². The Morgan fingerprint density at radius 2 is 1.79 bits per heavy atom. The summed E-state index contributed by atoms with van der Waals surface area (Å²) in [5.74, 6) is 0.333. The number of hydrogen-bond donors (Lipinski definition) is 1. The third-order valence-electron chi connectivity index (χ3n) is 4.71. The molecule has 1 atom stereocenters. The number of methoxy groups -OCH3 is 1. The molecule has 0 bridgehead atoms. The summed E-state index contributed by atoms with van der Waals surface area (Å²) in [7, 11) is 1.62. The zero-order valence-electron chi connectivity index (χ0n) is 16.8. The first-order valence-electron chi connectivity index (χ1n) is 9.26. The minimum Gasteiger partial charge on any atom is -0.497 e. The van der Waals surface area contributed by atoms with Crippen molar-refractivity contribution in [2.45, 2.75) is 33.7 Å². The SMILES string of the molecule is COc1ccc(-c2cc(=N[C@H](C(=O)O)C(C)C)c3cc(C)cc(C)c3o2)cc1. The van der Waals surface area contributed by atoms with Crippen LogP contribution in [0.2, 0.25) is 0 Å². The molecule has 3 aromatic rings. The summed E-state index contributed by atoms with van der Waals surface area (Å²) in [6.45, 7) is 7.71. The molecule has 1 heterocycles. The molecular formula is C23H25NO4. The quantitative estimate of drug-likeness (QED) is 0.695. The fourth-order valence-corrected chi connectivity index (χ4v) is 3.27. The molecule has 5 heteroatoms. The van der Waals surface area contributed by atoms with Crippen LogP contribution in [-0.2, 0) is 4.79 Å². The Hall–Kier alpha value is -3.08. The van der Waals surface area contributed by atoms with Crippen molar-refractivity contribution in [1.82, 2.24) is 0 Å². The van der Waals surface area contributed by atoms with E-state index >= 15 is 0 Å². The van der Waals surface area contributed by atoms with Crippen LogP contribution < -0.4 is 10.1 Å². The molecule has 146 valence electrons. The van der Waals surface area contributed by atoms with Crippen molar-refractivity contribution in [3.8, 4) is 17.1 Å². The topological polar surface area (TPSA) is 72.0 Å². The monoisotopic (exact) mass is 379 g/mol. The van der Waals surface area contributed by atoms with Gasteiger partial charge >= 0.3 is 5.97 Å². The number of carbonyl (C=O) groups is 1. The molecule has 0 amide bonds. The summed E-state index contributed by atoms with van der Waals surface area (Å²) < 4.78 is 11.4. The summed E-state index contributed by atoms with van der Waals surface area (Å²) >= 11 is 0. The van der Waals surface area contributed by atoms with Crippen molar-refractivity contribution in [3.63, 3.8) is 0 Å². The van der Waals surface area contributed by atoms with Crippen molar-refractivity contribution >= 4 is 16.9 Å². The number of ether oxygens (including phenoxy) is 1. The molecule has 0 radical (unpaired) electrons. The van der Waals surface area contributed by atoms with Gasteiger partial charge in [0.25, 0.3) is 0 Å². The van der Waals surface area contributed by atoms with E-state index in [4.69, 9.17) is 9.15 Å². The second kappa shape index (κ2) is 7.89. The zero-order chi connectivity index (χ0) is 20.4. The fourth-order valence-electron chi connectivity index (χ4n) is 3.27. The molecule has 5 nitrogen and oxygen atoms in total. The summed E-state index contributed by atoms with van der Waals surface area (Å²) in [6, 6.07) is 12.6. The third-order valence-corrected chi connectivity index (χ3v) is 4.71. The number of nitrogens with zero attached hydrogens (tertiary/aromatic N) is 1. The van der Waals surface area contributed by atoms with Gasteiger partial charge in [-0.05, 0) is 61.2 Å². The first-order valence-corrected chi connectivity index (χ1v) is 9.26. The number of aryl methyl sites for hydroxylation is 2. The molecule has 0 unspecified atom stereocenters. The molecule has 28 heavy (non-hydrogen) atoms. The van der Waals surface area contributed by atoms with Gasteiger partial charge in [-0.2, -0.15) is 0 Å². The number of aliphatic carboxylic acids is 1. The van der Waals surface area contributed by atoms with Gasteiger partial charge in [-0.3, -0.25) is 4.99 Å². The van der Waals surface area contributed by atoms with E-state index in [9.17, 15) is 9.90 Å².